The molecule has 2 rings (SSSR count). The fourth-order valence-electron chi connectivity index (χ4n) is 1.47. The van der Waals surface area contributed by atoms with Gasteiger partial charge in [-0.2, -0.15) is 5.10 Å². The highest BCUT2D eigenvalue weighted by Gasteiger charge is 2.17. The Labute approximate surface area is 115 Å². The van der Waals surface area contributed by atoms with Crippen LogP contribution in [0.3, 0.4) is 0 Å². The largest absolute Gasteiger partial charge is 0.398 e. The number of sulfonamides is 1. The fourth-order valence-corrected chi connectivity index (χ4v) is 2.90. The summed E-state index contributed by atoms with van der Waals surface area (Å²) < 4.78 is 26.5. The maximum Gasteiger partial charge on any atom is 0.242 e. The highest BCUT2D eigenvalue weighted by atomic mass is 35.5. The van der Waals surface area contributed by atoms with E-state index in [9.17, 15) is 8.42 Å². The molecule has 0 atom stereocenters. The van der Waals surface area contributed by atoms with Gasteiger partial charge in [-0.05, 0) is 18.2 Å². The third-order valence-electron chi connectivity index (χ3n) is 2.38. The summed E-state index contributed by atoms with van der Waals surface area (Å²) in [7, 11) is -3.69. The van der Waals surface area contributed by atoms with E-state index in [2.05, 4.69) is 19.9 Å². The van der Waals surface area contributed by atoms with E-state index in [1.807, 2.05) is 0 Å². The number of halogens is 1. The summed E-state index contributed by atoms with van der Waals surface area (Å²) in [5.41, 5.74) is 5.79. The van der Waals surface area contributed by atoms with Gasteiger partial charge in [0.25, 0.3) is 0 Å². The summed E-state index contributed by atoms with van der Waals surface area (Å²) in [4.78, 5) is 3.86. The van der Waals surface area contributed by atoms with E-state index in [-0.39, 0.29) is 17.1 Å². The number of nitrogens with one attached hydrogen (secondary N) is 2. The molecule has 4 N–H and O–H groups in total. The van der Waals surface area contributed by atoms with E-state index in [1.54, 1.807) is 0 Å². The van der Waals surface area contributed by atoms with Crippen molar-refractivity contribution in [2.24, 2.45) is 0 Å². The van der Waals surface area contributed by atoms with Gasteiger partial charge in [-0.25, -0.2) is 18.1 Å². The lowest BCUT2D eigenvalue weighted by molar-refractivity contribution is 0.581. The van der Waals surface area contributed by atoms with Crippen LogP contribution in [0.1, 0.15) is 5.82 Å². The van der Waals surface area contributed by atoms with Crippen LogP contribution in [-0.4, -0.2) is 30.1 Å². The van der Waals surface area contributed by atoms with Gasteiger partial charge in [0.05, 0.1) is 5.69 Å². The SMILES string of the molecule is Nc1ccc(Cl)cc1S(=O)(=O)NCCc1ncn[nH]1. The van der Waals surface area contributed by atoms with Gasteiger partial charge in [0.2, 0.25) is 10.0 Å². The Morgan fingerprint density at radius 3 is 2.89 bits per heavy atom. The van der Waals surface area contributed by atoms with Crippen LogP contribution in [0, 0.1) is 0 Å². The predicted molar refractivity (Wildman–Crippen MR) is 71.1 cm³/mol. The Bertz CT molecular complexity index is 657. The monoisotopic (exact) mass is 301 g/mol. The normalized spacial score (nSPS) is 11.6. The molecule has 1 aromatic heterocycles. The molecule has 7 nitrogen and oxygen atoms in total. The number of benzene rings is 1. The molecule has 19 heavy (non-hydrogen) atoms. The summed E-state index contributed by atoms with van der Waals surface area (Å²) in [6.45, 7) is 0.184. The van der Waals surface area contributed by atoms with Crippen LogP contribution in [0.15, 0.2) is 29.4 Å². The lowest BCUT2D eigenvalue weighted by Gasteiger charge is -2.08. The first-order chi connectivity index (χ1) is 8.99. The molecule has 0 radical (unpaired) electrons. The number of aromatic amines is 1. The first kappa shape index (κ1) is 13.8. The number of anilines is 1. The molecule has 0 fully saturated rings. The second-order valence-electron chi connectivity index (χ2n) is 3.76. The van der Waals surface area contributed by atoms with Crippen molar-refractivity contribution in [1.29, 1.82) is 0 Å². The number of aromatic nitrogens is 3. The standard InChI is InChI=1S/C10H12ClN5O2S/c11-7-1-2-8(12)9(5-7)19(17,18)15-4-3-10-13-6-14-16-10/h1-2,5-6,15H,3-4,12H2,(H,13,14,16). The molecule has 0 saturated carbocycles. The van der Waals surface area contributed by atoms with Crippen molar-refractivity contribution in [2.45, 2.75) is 11.3 Å². The molecule has 1 aromatic carbocycles. The number of nitrogens with two attached hydrogens (primary N) is 1. The van der Waals surface area contributed by atoms with Gasteiger partial charge >= 0.3 is 0 Å². The zero-order valence-electron chi connectivity index (χ0n) is 9.80. The van der Waals surface area contributed by atoms with Gasteiger partial charge in [-0.1, -0.05) is 11.6 Å². The van der Waals surface area contributed by atoms with Crippen molar-refractivity contribution in [3.05, 3.63) is 35.4 Å². The van der Waals surface area contributed by atoms with E-state index in [4.69, 9.17) is 17.3 Å². The van der Waals surface area contributed by atoms with Crippen molar-refractivity contribution in [3.63, 3.8) is 0 Å². The quantitative estimate of drug-likeness (QED) is 0.698. The lowest BCUT2D eigenvalue weighted by atomic mass is 10.3. The van der Waals surface area contributed by atoms with Crippen LogP contribution in [0.25, 0.3) is 0 Å². The molecule has 102 valence electrons. The Morgan fingerprint density at radius 2 is 2.21 bits per heavy atom. The molecule has 1 heterocycles. The first-order valence-corrected chi connectivity index (χ1v) is 7.24. The Kier molecular flexibility index (Phi) is 4.03. The Balaban J connectivity index is 2.07. The molecule has 0 aliphatic carbocycles. The van der Waals surface area contributed by atoms with E-state index in [0.29, 0.717) is 17.3 Å². The Morgan fingerprint density at radius 1 is 1.42 bits per heavy atom. The zero-order valence-corrected chi connectivity index (χ0v) is 11.4. The van der Waals surface area contributed by atoms with Gasteiger partial charge < -0.3 is 5.73 Å². The maximum atomic E-state index is 12.0. The van der Waals surface area contributed by atoms with Gasteiger partial charge in [0, 0.05) is 18.0 Å². The third kappa shape index (κ3) is 3.43. The minimum absolute atomic E-state index is 0.0300. The van der Waals surface area contributed by atoms with E-state index < -0.39 is 10.0 Å². The van der Waals surface area contributed by atoms with Crippen molar-refractivity contribution >= 4 is 27.3 Å². The minimum atomic E-state index is -3.69. The number of H-pyrrole nitrogens is 1. The molecule has 0 bridgehead atoms. The molecular formula is C10H12ClN5O2S. The smallest absolute Gasteiger partial charge is 0.242 e. The van der Waals surface area contributed by atoms with Crippen molar-refractivity contribution in [2.75, 3.05) is 12.3 Å². The van der Waals surface area contributed by atoms with Crippen molar-refractivity contribution in [3.8, 4) is 0 Å². The van der Waals surface area contributed by atoms with E-state index >= 15 is 0 Å². The number of rotatable bonds is 5. The zero-order chi connectivity index (χ0) is 13.9. The van der Waals surface area contributed by atoms with Gasteiger partial charge in [0.15, 0.2) is 0 Å². The maximum absolute atomic E-state index is 12.0. The molecule has 0 aliphatic heterocycles. The molecular weight excluding hydrogens is 290 g/mol. The first-order valence-electron chi connectivity index (χ1n) is 5.38. The molecule has 0 spiro atoms. The topological polar surface area (TPSA) is 114 Å². The van der Waals surface area contributed by atoms with Crippen LogP contribution in [-0.2, 0) is 16.4 Å². The summed E-state index contributed by atoms with van der Waals surface area (Å²) >= 11 is 5.77. The molecule has 0 unspecified atom stereocenters. The molecule has 2 aromatic rings. The van der Waals surface area contributed by atoms with Crippen LogP contribution < -0.4 is 10.5 Å². The Hall–Kier alpha value is -1.64. The second kappa shape index (κ2) is 5.55. The van der Waals surface area contributed by atoms with Gasteiger partial charge in [0.1, 0.15) is 17.0 Å². The van der Waals surface area contributed by atoms with E-state index in [1.165, 1.54) is 24.5 Å². The molecule has 0 amide bonds. The summed E-state index contributed by atoms with van der Waals surface area (Å²) in [6.07, 6.45) is 1.76. The number of hydrogen-bond donors (Lipinski definition) is 3. The molecule has 0 aliphatic rings. The lowest BCUT2D eigenvalue weighted by Crippen LogP contribution is -2.27. The van der Waals surface area contributed by atoms with Gasteiger partial charge in [-0.15, -0.1) is 0 Å². The predicted octanol–water partition coefficient (Wildman–Crippen LogP) is 0.561. The average molecular weight is 302 g/mol. The summed E-state index contributed by atoms with van der Waals surface area (Å²) in [5, 5.41) is 6.62. The highest BCUT2D eigenvalue weighted by molar-refractivity contribution is 7.89. The number of nitrogens with zero attached hydrogens (tertiary/aromatic N) is 2. The van der Waals surface area contributed by atoms with Crippen molar-refractivity contribution < 1.29 is 8.42 Å². The van der Waals surface area contributed by atoms with Gasteiger partial charge in [-0.3, -0.25) is 5.10 Å². The van der Waals surface area contributed by atoms with Crippen molar-refractivity contribution in [1.82, 2.24) is 19.9 Å². The fraction of sp³-hybridized carbons (Fsp3) is 0.200. The summed E-state index contributed by atoms with van der Waals surface area (Å²) in [6, 6.07) is 4.30. The average Bonchev–Trinajstić information content (AvgIpc) is 2.85. The van der Waals surface area contributed by atoms with Crippen LogP contribution in [0.4, 0.5) is 5.69 Å². The number of hydrogen-bond acceptors (Lipinski definition) is 5. The van der Waals surface area contributed by atoms with E-state index in [0.717, 1.165) is 0 Å². The highest BCUT2D eigenvalue weighted by Crippen LogP contribution is 2.22. The summed E-state index contributed by atoms with van der Waals surface area (Å²) in [5.74, 6) is 0.599. The second-order valence-corrected chi connectivity index (χ2v) is 5.93. The van der Waals surface area contributed by atoms with Crippen LogP contribution >= 0.6 is 11.6 Å². The molecule has 9 heteroatoms. The number of nitrogen functional groups attached to an aromatic ring is 1. The van der Waals surface area contributed by atoms with Crippen LogP contribution in [0.5, 0.6) is 0 Å². The van der Waals surface area contributed by atoms with Crippen LogP contribution in [0.2, 0.25) is 5.02 Å². The minimum Gasteiger partial charge on any atom is -0.398 e. The third-order valence-corrected chi connectivity index (χ3v) is 4.14. The molecule has 0 saturated heterocycles.